The molecule has 1 heterocycles. The van der Waals surface area contributed by atoms with Gasteiger partial charge in [-0.1, -0.05) is 18.1 Å². The molecule has 3 aliphatic rings. The monoisotopic (exact) mass is 334 g/mol. The summed E-state index contributed by atoms with van der Waals surface area (Å²) in [6.45, 7) is 0.522. The minimum Gasteiger partial charge on any atom is -0.390 e. The van der Waals surface area contributed by atoms with Crippen LogP contribution >= 0.6 is 0 Å². The molecule has 0 bridgehead atoms. The molecular formula is C17H26N4O3. The van der Waals surface area contributed by atoms with Gasteiger partial charge in [-0.2, -0.15) is 0 Å². The van der Waals surface area contributed by atoms with E-state index in [4.69, 9.17) is 0 Å². The second kappa shape index (κ2) is 6.44. The minimum atomic E-state index is -0.910. The Morgan fingerprint density at radius 1 is 1.21 bits per heavy atom. The van der Waals surface area contributed by atoms with Gasteiger partial charge >= 0.3 is 0 Å². The average Bonchev–Trinajstić information content (AvgIpc) is 2.98. The van der Waals surface area contributed by atoms with Crippen molar-refractivity contribution < 1.29 is 15.0 Å². The van der Waals surface area contributed by atoms with Gasteiger partial charge < -0.3 is 15.5 Å². The Balaban J connectivity index is 1.35. The van der Waals surface area contributed by atoms with Crippen LogP contribution in [0.1, 0.15) is 56.6 Å². The summed E-state index contributed by atoms with van der Waals surface area (Å²) in [7, 11) is 0. The molecule has 0 aromatic carbocycles. The maximum atomic E-state index is 12.3. The van der Waals surface area contributed by atoms with Gasteiger partial charge in [0.05, 0.1) is 17.8 Å². The zero-order valence-electron chi connectivity index (χ0n) is 13.8. The van der Waals surface area contributed by atoms with Crippen LogP contribution in [0.15, 0.2) is 6.20 Å². The first-order valence-corrected chi connectivity index (χ1v) is 9.18. The molecule has 0 radical (unpaired) electrons. The number of aliphatic hydroxyl groups is 2. The number of hydrogen-bond donors (Lipinski definition) is 3. The number of carbonyl (C=O) groups is 1. The van der Waals surface area contributed by atoms with E-state index < -0.39 is 12.2 Å². The third kappa shape index (κ3) is 3.19. The second-order valence-corrected chi connectivity index (χ2v) is 7.71. The van der Waals surface area contributed by atoms with Crippen molar-refractivity contribution in [1.29, 1.82) is 0 Å². The van der Waals surface area contributed by atoms with E-state index in [1.54, 1.807) is 4.68 Å². The van der Waals surface area contributed by atoms with Gasteiger partial charge in [0, 0.05) is 30.5 Å². The highest BCUT2D eigenvalue weighted by Crippen LogP contribution is 2.38. The number of aliphatic hydroxyl groups excluding tert-OH is 2. The van der Waals surface area contributed by atoms with Gasteiger partial charge in [0.1, 0.15) is 6.10 Å². The molecule has 1 aromatic rings. The highest BCUT2D eigenvalue weighted by atomic mass is 16.3. The van der Waals surface area contributed by atoms with E-state index in [9.17, 15) is 15.0 Å². The molecule has 1 aromatic heterocycles. The third-order valence-electron chi connectivity index (χ3n) is 5.83. The highest BCUT2D eigenvalue weighted by molar-refractivity contribution is 5.79. The van der Waals surface area contributed by atoms with E-state index in [0.29, 0.717) is 18.9 Å². The lowest BCUT2D eigenvalue weighted by atomic mass is 10.1. The van der Waals surface area contributed by atoms with Gasteiger partial charge in [0.2, 0.25) is 5.91 Å². The van der Waals surface area contributed by atoms with Crippen LogP contribution < -0.4 is 5.32 Å². The van der Waals surface area contributed by atoms with Crippen LogP contribution in [0.2, 0.25) is 0 Å². The fraction of sp³-hybridized carbons (Fsp3) is 0.824. The topological polar surface area (TPSA) is 100 Å². The van der Waals surface area contributed by atoms with Crippen LogP contribution in [0.4, 0.5) is 0 Å². The number of nitrogens with zero attached hydrogens (tertiary/aromatic N) is 3. The van der Waals surface area contributed by atoms with Crippen LogP contribution in [0.25, 0.3) is 0 Å². The maximum absolute atomic E-state index is 12.3. The summed E-state index contributed by atoms with van der Waals surface area (Å²) in [6.07, 6.45) is 7.20. The maximum Gasteiger partial charge on any atom is 0.223 e. The zero-order valence-corrected chi connectivity index (χ0v) is 13.8. The summed E-state index contributed by atoms with van der Waals surface area (Å²) in [5, 5.41) is 31.9. The molecule has 3 N–H and O–H groups in total. The van der Waals surface area contributed by atoms with Crippen LogP contribution in [0, 0.1) is 11.8 Å². The van der Waals surface area contributed by atoms with E-state index in [-0.39, 0.29) is 23.8 Å². The first-order chi connectivity index (χ1) is 11.6. The Morgan fingerprint density at radius 3 is 2.67 bits per heavy atom. The lowest BCUT2D eigenvalue weighted by Crippen LogP contribution is -2.45. The Hall–Kier alpha value is -1.47. The van der Waals surface area contributed by atoms with Gasteiger partial charge in [0.25, 0.3) is 0 Å². The van der Waals surface area contributed by atoms with Gasteiger partial charge in [0.15, 0.2) is 0 Å². The Labute approximate surface area is 141 Å². The van der Waals surface area contributed by atoms with E-state index in [0.717, 1.165) is 31.4 Å². The van der Waals surface area contributed by atoms with Crippen molar-refractivity contribution in [2.24, 2.45) is 11.8 Å². The lowest BCUT2D eigenvalue weighted by Gasteiger charge is -2.20. The summed E-state index contributed by atoms with van der Waals surface area (Å²) >= 11 is 0. The zero-order chi connectivity index (χ0) is 16.7. The fourth-order valence-electron chi connectivity index (χ4n) is 4.15. The van der Waals surface area contributed by atoms with Crippen LogP contribution in [0.3, 0.4) is 0 Å². The smallest absolute Gasteiger partial charge is 0.223 e. The standard InChI is InChI=1S/C17H26N4O3/c22-15-12(8-21-9-14(19-20-21)10-5-6-10)7-13(16(15)23)18-17(24)11-3-1-2-4-11/h9-13,15-16,22-23H,1-8H2,(H,18,24)/t12-,13-,15-,16+/m1/s1. The summed E-state index contributed by atoms with van der Waals surface area (Å²) in [6, 6.07) is -0.371. The average molecular weight is 334 g/mol. The van der Waals surface area contributed by atoms with Crippen molar-refractivity contribution in [2.75, 3.05) is 0 Å². The molecule has 0 unspecified atom stereocenters. The second-order valence-electron chi connectivity index (χ2n) is 7.71. The summed E-state index contributed by atoms with van der Waals surface area (Å²) in [5.74, 6) is 0.532. The Morgan fingerprint density at radius 2 is 1.96 bits per heavy atom. The predicted molar refractivity (Wildman–Crippen MR) is 86.0 cm³/mol. The van der Waals surface area contributed by atoms with E-state index in [1.165, 1.54) is 12.8 Å². The quantitative estimate of drug-likeness (QED) is 0.731. The molecule has 0 aliphatic heterocycles. The van der Waals surface area contributed by atoms with Crippen molar-refractivity contribution in [3.63, 3.8) is 0 Å². The highest BCUT2D eigenvalue weighted by Gasteiger charge is 2.43. The molecule has 132 valence electrons. The van der Waals surface area contributed by atoms with Crippen molar-refractivity contribution in [3.05, 3.63) is 11.9 Å². The Kier molecular flexibility index (Phi) is 4.30. The molecule has 0 saturated heterocycles. The van der Waals surface area contributed by atoms with E-state index >= 15 is 0 Å². The van der Waals surface area contributed by atoms with Crippen molar-refractivity contribution in [1.82, 2.24) is 20.3 Å². The first-order valence-electron chi connectivity index (χ1n) is 9.18. The molecule has 4 atom stereocenters. The van der Waals surface area contributed by atoms with Gasteiger partial charge in [-0.25, -0.2) is 0 Å². The van der Waals surface area contributed by atoms with Gasteiger partial charge in [-0.15, -0.1) is 5.10 Å². The SMILES string of the molecule is O=C(N[C@@H]1C[C@H](Cn2cc(C3CC3)nn2)[C@@H](O)[C@H]1O)C1CCCC1. The van der Waals surface area contributed by atoms with E-state index in [2.05, 4.69) is 15.6 Å². The van der Waals surface area contributed by atoms with Crippen LogP contribution in [-0.4, -0.2) is 49.4 Å². The molecule has 4 rings (SSSR count). The van der Waals surface area contributed by atoms with Crippen molar-refractivity contribution in [2.45, 2.75) is 75.7 Å². The molecule has 7 nitrogen and oxygen atoms in total. The van der Waals surface area contributed by atoms with Crippen molar-refractivity contribution >= 4 is 5.91 Å². The number of amides is 1. The number of aromatic nitrogens is 3. The minimum absolute atomic E-state index is 0.0289. The summed E-state index contributed by atoms with van der Waals surface area (Å²) in [4.78, 5) is 12.3. The molecule has 3 aliphatic carbocycles. The van der Waals surface area contributed by atoms with Crippen molar-refractivity contribution in [3.8, 4) is 0 Å². The van der Waals surface area contributed by atoms with Crippen LogP contribution in [-0.2, 0) is 11.3 Å². The molecule has 3 saturated carbocycles. The molecule has 24 heavy (non-hydrogen) atoms. The number of hydrogen-bond acceptors (Lipinski definition) is 5. The summed E-state index contributed by atoms with van der Waals surface area (Å²) < 4.78 is 1.76. The molecule has 0 spiro atoms. The number of carbonyl (C=O) groups excluding carboxylic acids is 1. The van der Waals surface area contributed by atoms with E-state index in [1.807, 2.05) is 6.20 Å². The third-order valence-corrected chi connectivity index (χ3v) is 5.83. The Bertz CT molecular complexity index is 594. The number of rotatable bonds is 5. The molecule has 3 fully saturated rings. The van der Waals surface area contributed by atoms with Gasteiger partial charge in [-0.3, -0.25) is 9.48 Å². The molecule has 7 heteroatoms. The van der Waals surface area contributed by atoms with Gasteiger partial charge in [-0.05, 0) is 32.1 Å². The van der Waals surface area contributed by atoms with Crippen LogP contribution in [0.5, 0.6) is 0 Å². The lowest BCUT2D eigenvalue weighted by molar-refractivity contribution is -0.126. The predicted octanol–water partition coefficient (Wildman–Crippen LogP) is 0.572. The molecule has 1 amide bonds. The normalized spacial score (nSPS) is 33.9. The largest absolute Gasteiger partial charge is 0.390 e. The summed E-state index contributed by atoms with van der Waals surface area (Å²) in [5.41, 5.74) is 1.02. The first kappa shape index (κ1) is 16.0. The number of nitrogens with one attached hydrogen (secondary N) is 1. The molecular weight excluding hydrogens is 308 g/mol. The fourth-order valence-corrected chi connectivity index (χ4v) is 4.15.